The lowest BCUT2D eigenvalue weighted by Gasteiger charge is -2.24. The van der Waals surface area contributed by atoms with Crippen LogP contribution in [0.1, 0.15) is 26.3 Å². The van der Waals surface area contributed by atoms with Crippen molar-refractivity contribution in [3.05, 3.63) is 51.6 Å². The second kappa shape index (κ2) is 13.4. The van der Waals surface area contributed by atoms with Gasteiger partial charge in [0, 0.05) is 28.1 Å². The van der Waals surface area contributed by atoms with E-state index in [2.05, 4.69) is 51.7 Å². The summed E-state index contributed by atoms with van der Waals surface area (Å²) in [7, 11) is 0.572. The summed E-state index contributed by atoms with van der Waals surface area (Å²) in [4.78, 5) is 29.0. The maximum absolute atomic E-state index is 15.2. The fraction of sp³-hybridized carbons (Fsp3) is 0.464. The highest BCUT2D eigenvalue weighted by atomic mass is 127. The van der Waals surface area contributed by atoms with Gasteiger partial charge in [0.05, 0.1) is 19.1 Å². The van der Waals surface area contributed by atoms with Crippen LogP contribution >= 0.6 is 32.6 Å². The Kier molecular flexibility index (Phi) is 10.7. The molecule has 9 nitrogen and oxygen atoms in total. The molecule has 0 bridgehead atoms. The summed E-state index contributed by atoms with van der Waals surface area (Å²) in [5.74, 6) is 0.189. The first kappa shape index (κ1) is 31.9. The quantitative estimate of drug-likeness (QED) is 0.153. The number of carbonyl (C=O) groups excluding carboxylic acids is 2. The smallest absolute Gasteiger partial charge is 0.408 e. The largest absolute Gasteiger partial charge is 0.467 e. The molecule has 0 radical (unpaired) electrons. The molecule has 3 aromatic rings. The first-order valence-electron chi connectivity index (χ1n) is 12.6. The minimum Gasteiger partial charge on any atom is -0.467 e. The van der Waals surface area contributed by atoms with Crippen LogP contribution < -0.4 is 10.1 Å². The molecule has 1 aromatic carbocycles. The Hall–Kier alpha value is -2.58. The maximum atomic E-state index is 15.2. The van der Waals surface area contributed by atoms with E-state index in [4.69, 9.17) is 18.9 Å². The zero-order chi connectivity index (χ0) is 29.7. The number of amides is 1. The van der Waals surface area contributed by atoms with E-state index in [1.54, 1.807) is 39.1 Å². The fourth-order valence-corrected chi connectivity index (χ4v) is 5.15. The lowest BCUT2D eigenvalue weighted by Crippen LogP contribution is -2.45. The number of pyridine rings is 1. The summed E-state index contributed by atoms with van der Waals surface area (Å²) in [6.45, 7) is 6.15. The van der Waals surface area contributed by atoms with Gasteiger partial charge in [0.25, 0.3) is 0 Å². The summed E-state index contributed by atoms with van der Waals surface area (Å²) >= 11 is 2.20. The molecule has 0 aliphatic carbocycles. The number of carbonyl (C=O) groups is 2. The summed E-state index contributed by atoms with van der Waals surface area (Å²) < 4.78 is 39.9. The van der Waals surface area contributed by atoms with Crippen molar-refractivity contribution >= 4 is 55.7 Å². The Bertz CT molecular complexity index is 1350. The molecule has 1 amide bonds. The normalized spacial score (nSPS) is 13.1. The van der Waals surface area contributed by atoms with Crippen molar-refractivity contribution in [1.82, 2.24) is 14.9 Å². The number of halogens is 2. The van der Waals surface area contributed by atoms with Gasteiger partial charge in [-0.05, 0) is 85.9 Å². The van der Waals surface area contributed by atoms with Crippen LogP contribution in [0.3, 0.4) is 0 Å². The van der Waals surface area contributed by atoms with Gasteiger partial charge in [-0.3, -0.25) is 0 Å². The van der Waals surface area contributed by atoms with Gasteiger partial charge in [-0.15, -0.1) is 0 Å². The third kappa shape index (κ3) is 9.23. The van der Waals surface area contributed by atoms with Crippen molar-refractivity contribution in [2.24, 2.45) is 0 Å². The molecule has 0 saturated carbocycles. The first-order chi connectivity index (χ1) is 18.7. The van der Waals surface area contributed by atoms with Gasteiger partial charge < -0.3 is 28.8 Å². The van der Waals surface area contributed by atoms with Crippen molar-refractivity contribution in [2.45, 2.75) is 45.6 Å². The monoisotopic (exact) mass is 689 g/mol. The number of esters is 1. The second-order valence-corrected chi connectivity index (χ2v) is 16.8. The standard InChI is InChI=1S/C28H37FIN3O6S/c1-28(2,3)39-27(35)32-21(26(34)36-4)15-18-8-9-22(19(29)14-18)38-23-10-11-31-25-24(23)20(30)16-33(25)17-37-12-13-40(5,6)7/h8-11,14,16,21H,12-13,15,17H2,1-7H3,(H,32,35)/t21-/m0/s1. The molecule has 1 N–H and O–H groups in total. The molecular formula is C28H37FIN3O6S. The van der Waals surface area contributed by atoms with E-state index in [0.717, 1.165) is 14.7 Å². The number of fused-ring (bicyclic) bond motifs is 1. The van der Waals surface area contributed by atoms with Gasteiger partial charge in [-0.2, -0.15) is 0 Å². The minimum atomic E-state index is -1.06. The third-order valence-electron chi connectivity index (χ3n) is 5.58. The van der Waals surface area contributed by atoms with Crippen LogP contribution in [0.25, 0.3) is 11.0 Å². The number of benzene rings is 1. The van der Waals surface area contributed by atoms with E-state index in [0.29, 0.717) is 30.3 Å². The molecule has 0 aliphatic heterocycles. The predicted octanol–water partition coefficient (Wildman–Crippen LogP) is 5.85. The number of nitrogens with one attached hydrogen (secondary N) is 1. The van der Waals surface area contributed by atoms with E-state index < -0.39 is 39.6 Å². The lowest BCUT2D eigenvalue weighted by atomic mass is 10.1. The van der Waals surface area contributed by atoms with Gasteiger partial charge in [-0.25, -0.2) is 29.0 Å². The summed E-state index contributed by atoms with van der Waals surface area (Å²) in [5.41, 5.74) is 0.398. The number of ether oxygens (including phenoxy) is 4. The van der Waals surface area contributed by atoms with E-state index >= 15 is 4.39 Å². The van der Waals surface area contributed by atoms with Gasteiger partial charge >= 0.3 is 12.1 Å². The van der Waals surface area contributed by atoms with Crippen LogP contribution in [-0.4, -0.2) is 71.5 Å². The molecule has 0 spiro atoms. The molecule has 1 atom stereocenters. The number of aromatic nitrogens is 2. The Morgan fingerprint density at radius 3 is 2.52 bits per heavy atom. The maximum Gasteiger partial charge on any atom is 0.408 e. The van der Waals surface area contributed by atoms with E-state index in [1.165, 1.54) is 19.2 Å². The Morgan fingerprint density at radius 2 is 1.90 bits per heavy atom. The average Bonchev–Trinajstić information content (AvgIpc) is 3.17. The number of hydrogen-bond donors (Lipinski definition) is 1. The van der Waals surface area contributed by atoms with Crippen molar-refractivity contribution in [1.29, 1.82) is 0 Å². The van der Waals surface area contributed by atoms with E-state index in [9.17, 15) is 9.59 Å². The second-order valence-electron chi connectivity index (χ2n) is 11.1. The summed E-state index contributed by atoms with van der Waals surface area (Å²) in [6, 6.07) is 5.01. The first-order valence-corrected chi connectivity index (χ1v) is 16.7. The molecule has 3 rings (SSSR count). The van der Waals surface area contributed by atoms with Crippen LogP contribution in [0.2, 0.25) is 0 Å². The van der Waals surface area contributed by atoms with Gasteiger partial charge in [0.15, 0.2) is 11.6 Å². The Labute approximate surface area is 249 Å². The Morgan fingerprint density at radius 1 is 1.18 bits per heavy atom. The zero-order valence-corrected chi connectivity index (χ0v) is 26.9. The third-order valence-corrected chi connectivity index (χ3v) is 7.79. The van der Waals surface area contributed by atoms with Crippen LogP contribution in [-0.2, 0) is 32.2 Å². The number of methoxy groups -OCH3 is 1. The number of rotatable bonds is 11. The minimum absolute atomic E-state index is 0.0000741. The highest BCUT2D eigenvalue weighted by molar-refractivity contribution is 14.1. The highest BCUT2D eigenvalue weighted by Gasteiger charge is 2.26. The number of nitrogens with zero attached hydrogens (tertiary/aromatic N) is 2. The fourth-order valence-electron chi connectivity index (χ4n) is 3.69. The number of hydrogen-bond acceptors (Lipinski definition) is 7. The van der Waals surface area contributed by atoms with Crippen molar-refractivity contribution < 1.29 is 32.9 Å². The van der Waals surface area contributed by atoms with E-state index in [-0.39, 0.29) is 12.2 Å². The molecule has 12 heteroatoms. The van der Waals surface area contributed by atoms with E-state index in [1.807, 2.05) is 10.8 Å². The molecule has 0 fully saturated rings. The van der Waals surface area contributed by atoms with Crippen LogP contribution in [0.5, 0.6) is 11.5 Å². The highest BCUT2D eigenvalue weighted by Crippen LogP contribution is 2.35. The molecular weight excluding hydrogens is 652 g/mol. The molecule has 2 heterocycles. The van der Waals surface area contributed by atoms with Gasteiger partial charge in [-0.1, -0.05) is 6.07 Å². The summed E-state index contributed by atoms with van der Waals surface area (Å²) in [5, 5.41) is 3.25. The molecule has 40 heavy (non-hydrogen) atoms. The predicted molar refractivity (Wildman–Crippen MR) is 164 cm³/mol. The van der Waals surface area contributed by atoms with Crippen LogP contribution in [0.4, 0.5) is 9.18 Å². The van der Waals surface area contributed by atoms with Crippen molar-refractivity contribution in [3.8, 4) is 11.5 Å². The molecule has 0 unspecified atom stereocenters. The van der Waals surface area contributed by atoms with Crippen LogP contribution in [0, 0.1) is 9.39 Å². The molecule has 0 aliphatic rings. The Balaban J connectivity index is 1.75. The van der Waals surface area contributed by atoms with Crippen molar-refractivity contribution in [2.75, 3.05) is 38.2 Å². The SMILES string of the molecule is COC(=O)[C@H](Cc1ccc(Oc2ccnc3c2c(I)cn3COCCS(C)(C)C)c(F)c1)NC(=O)OC(C)(C)C. The van der Waals surface area contributed by atoms with Gasteiger partial charge in [0.1, 0.15) is 29.8 Å². The topological polar surface area (TPSA) is 101 Å². The molecule has 220 valence electrons. The number of alkyl carbamates (subject to hydrolysis) is 1. The molecule has 2 aromatic heterocycles. The van der Waals surface area contributed by atoms with Gasteiger partial charge in [0.2, 0.25) is 0 Å². The zero-order valence-electron chi connectivity index (χ0n) is 23.9. The molecule has 0 saturated heterocycles. The van der Waals surface area contributed by atoms with Crippen molar-refractivity contribution in [3.63, 3.8) is 0 Å². The summed E-state index contributed by atoms with van der Waals surface area (Å²) in [6.07, 6.45) is 9.52. The van der Waals surface area contributed by atoms with Crippen LogP contribution in [0.15, 0.2) is 36.7 Å². The lowest BCUT2D eigenvalue weighted by molar-refractivity contribution is -0.143. The average molecular weight is 690 g/mol.